The number of halogens is 2. The smallest absolute Gasteiger partial charge is 0.123 e. The van der Waals surface area contributed by atoms with Gasteiger partial charge in [0.15, 0.2) is 0 Å². The van der Waals surface area contributed by atoms with Crippen LogP contribution in [0.5, 0.6) is 0 Å². The molecule has 1 aromatic carbocycles. The number of hydrogen-bond donors (Lipinski definition) is 1. The van der Waals surface area contributed by atoms with E-state index < -0.39 is 0 Å². The fourth-order valence-corrected chi connectivity index (χ4v) is 2.37. The van der Waals surface area contributed by atoms with Crippen molar-refractivity contribution in [3.63, 3.8) is 0 Å². The molecule has 4 heteroatoms. The summed E-state index contributed by atoms with van der Waals surface area (Å²) < 4.78 is 14.1. The van der Waals surface area contributed by atoms with Crippen molar-refractivity contribution in [1.29, 1.82) is 0 Å². The molecule has 2 rings (SSSR count). The molecule has 0 amide bonds. The van der Waals surface area contributed by atoms with Crippen molar-refractivity contribution in [2.75, 3.05) is 19.6 Å². The minimum absolute atomic E-state index is 0.166. The van der Waals surface area contributed by atoms with Crippen molar-refractivity contribution in [1.82, 2.24) is 10.2 Å². The fourth-order valence-electron chi connectivity index (χ4n) is 2.00. The minimum atomic E-state index is -0.166. The quantitative estimate of drug-likeness (QED) is 0.898. The molecule has 0 unspecified atom stereocenters. The number of nitrogens with one attached hydrogen (secondary N) is 1. The third kappa shape index (κ3) is 2.81. The summed E-state index contributed by atoms with van der Waals surface area (Å²) in [5, 5.41) is 3.35. The van der Waals surface area contributed by atoms with Crippen molar-refractivity contribution >= 4 is 15.9 Å². The van der Waals surface area contributed by atoms with Crippen LogP contribution in [0.1, 0.15) is 12.5 Å². The second kappa shape index (κ2) is 5.25. The molecular weight excluding hydrogens is 271 g/mol. The highest BCUT2D eigenvalue weighted by molar-refractivity contribution is 9.10. The monoisotopic (exact) mass is 286 g/mol. The van der Waals surface area contributed by atoms with Gasteiger partial charge in [0.05, 0.1) is 0 Å². The van der Waals surface area contributed by atoms with Gasteiger partial charge in [-0.15, -0.1) is 0 Å². The topological polar surface area (TPSA) is 15.3 Å². The van der Waals surface area contributed by atoms with Crippen LogP contribution in [0.3, 0.4) is 0 Å². The summed E-state index contributed by atoms with van der Waals surface area (Å²) in [6.45, 7) is 6.04. The number of hydrogen-bond acceptors (Lipinski definition) is 2. The molecule has 1 heterocycles. The molecule has 1 N–H and O–H groups in total. The summed E-state index contributed by atoms with van der Waals surface area (Å²) >= 11 is 3.47. The number of benzene rings is 1. The molecule has 16 heavy (non-hydrogen) atoms. The van der Waals surface area contributed by atoms with E-state index in [0.29, 0.717) is 6.04 Å². The SMILES string of the molecule is C[C@H]1CNCCN1Cc1cc(F)ccc1Br. The van der Waals surface area contributed by atoms with E-state index in [1.54, 1.807) is 12.1 Å². The predicted molar refractivity (Wildman–Crippen MR) is 66.8 cm³/mol. The Morgan fingerprint density at radius 3 is 3.12 bits per heavy atom. The van der Waals surface area contributed by atoms with E-state index in [-0.39, 0.29) is 5.82 Å². The molecule has 2 nitrogen and oxygen atoms in total. The zero-order valence-corrected chi connectivity index (χ0v) is 10.9. The van der Waals surface area contributed by atoms with E-state index in [1.165, 1.54) is 6.07 Å². The normalized spacial score (nSPS) is 22.3. The zero-order valence-electron chi connectivity index (χ0n) is 9.34. The zero-order chi connectivity index (χ0) is 11.5. The molecule has 0 aliphatic carbocycles. The average Bonchev–Trinajstić information content (AvgIpc) is 2.27. The van der Waals surface area contributed by atoms with Gasteiger partial charge in [-0.1, -0.05) is 15.9 Å². The average molecular weight is 287 g/mol. The lowest BCUT2D eigenvalue weighted by atomic mass is 10.1. The lowest BCUT2D eigenvalue weighted by Gasteiger charge is -2.34. The highest BCUT2D eigenvalue weighted by Crippen LogP contribution is 2.20. The Morgan fingerprint density at radius 1 is 1.56 bits per heavy atom. The molecule has 88 valence electrons. The molecule has 1 fully saturated rings. The van der Waals surface area contributed by atoms with Gasteiger partial charge in [0.25, 0.3) is 0 Å². The molecule has 1 aliphatic heterocycles. The highest BCUT2D eigenvalue weighted by Gasteiger charge is 2.18. The summed E-state index contributed by atoms with van der Waals surface area (Å²) in [4.78, 5) is 2.37. The molecular formula is C12H16BrFN2. The van der Waals surface area contributed by atoms with E-state index >= 15 is 0 Å². The molecule has 1 saturated heterocycles. The van der Waals surface area contributed by atoms with Crippen LogP contribution in [0.2, 0.25) is 0 Å². The summed E-state index contributed by atoms with van der Waals surface area (Å²) in [5.41, 5.74) is 1.02. The van der Waals surface area contributed by atoms with Gasteiger partial charge in [-0.2, -0.15) is 0 Å². The van der Waals surface area contributed by atoms with Crippen molar-refractivity contribution in [3.8, 4) is 0 Å². The van der Waals surface area contributed by atoms with E-state index in [1.807, 2.05) is 0 Å². The summed E-state index contributed by atoms with van der Waals surface area (Å²) in [5.74, 6) is -0.166. The van der Waals surface area contributed by atoms with Gasteiger partial charge >= 0.3 is 0 Å². The van der Waals surface area contributed by atoms with Crippen molar-refractivity contribution in [2.24, 2.45) is 0 Å². The van der Waals surface area contributed by atoms with Crippen LogP contribution in [0.4, 0.5) is 4.39 Å². The Labute approximate surface area is 104 Å². The Hall–Kier alpha value is -0.450. The van der Waals surface area contributed by atoms with Crippen LogP contribution in [0, 0.1) is 5.82 Å². The van der Waals surface area contributed by atoms with Gasteiger partial charge in [-0.25, -0.2) is 4.39 Å². The summed E-state index contributed by atoms with van der Waals surface area (Å²) in [7, 11) is 0. The van der Waals surface area contributed by atoms with E-state index in [9.17, 15) is 4.39 Å². The maximum Gasteiger partial charge on any atom is 0.123 e. The number of piperazine rings is 1. The maximum absolute atomic E-state index is 13.1. The summed E-state index contributed by atoms with van der Waals surface area (Å²) in [6.07, 6.45) is 0. The Morgan fingerprint density at radius 2 is 2.38 bits per heavy atom. The van der Waals surface area contributed by atoms with E-state index in [0.717, 1.165) is 36.2 Å². The molecule has 1 aliphatic rings. The first-order valence-electron chi connectivity index (χ1n) is 5.55. The van der Waals surface area contributed by atoms with Crippen LogP contribution in [0.15, 0.2) is 22.7 Å². The van der Waals surface area contributed by atoms with Crippen LogP contribution in [-0.2, 0) is 6.54 Å². The van der Waals surface area contributed by atoms with Crippen LogP contribution in [-0.4, -0.2) is 30.6 Å². The van der Waals surface area contributed by atoms with Gasteiger partial charge in [-0.3, -0.25) is 4.90 Å². The summed E-state index contributed by atoms with van der Waals surface area (Å²) in [6, 6.07) is 5.37. The number of nitrogens with zero attached hydrogens (tertiary/aromatic N) is 1. The minimum Gasteiger partial charge on any atom is -0.314 e. The van der Waals surface area contributed by atoms with Gasteiger partial charge < -0.3 is 5.32 Å². The van der Waals surface area contributed by atoms with Crippen LogP contribution in [0.25, 0.3) is 0 Å². The first-order valence-corrected chi connectivity index (χ1v) is 6.35. The molecule has 1 aromatic rings. The standard InChI is InChI=1S/C12H16BrFN2/c1-9-7-15-4-5-16(9)8-10-6-11(14)2-3-12(10)13/h2-3,6,9,15H,4-5,7-8H2,1H3/t9-/m0/s1. The van der Waals surface area contributed by atoms with Crippen molar-refractivity contribution in [3.05, 3.63) is 34.1 Å². The second-order valence-electron chi connectivity index (χ2n) is 4.26. The Bertz CT molecular complexity index is 370. The van der Waals surface area contributed by atoms with Crippen molar-refractivity contribution in [2.45, 2.75) is 19.5 Å². The van der Waals surface area contributed by atoms with E-state index in [2.05, 4.69) is 33.1 Å². The molecule has 0 bridgehead atoms. The lowest BCUT2D eigenvalue weighted by Crippen LogP contribution is -2.49. The first-order chi connectivity index (χ1) is 7.66. The van der Waals surface area contributed by atoms with Gasteiger partial charge in [0.2, 0.25) is 0 Å². The van der Waals surface area contributed by atoms with E-state index in [4.69, 9.17) is 0 Å². The Kier molecular flexibility index (Phi) is 3.95. The predicted octanol–water partition coefficient (Wildman–Crippen LogP) is 2.38. The first kappa shape index (κ1) is 12.0. The largest absolute Gasteiger partial charge is 0.314 e. The Balaban J connectivity index is 2.10. The van der Waals surface area contributed by atoms with Gasteiger partial charge in [0.1, 0.15) is 5.82 Å². The van der Waals surface area contributed by atoms with Gasteiger partial charge in [0, 0.05) is 36.7 Å². The third-order valence-corrected chi connectivity index (χ3v) is 3.79. The lowest BCUT2D eigenvalue weighted by molar-refractivity contribution is 0.165. The maximum atomic E-state index is 13.1. The molecule has 0 radical (unpaired) electrons. The third-order valence-electron chi connectivity index (χ3n) is 3.02. The van der Waals surface area contributed by atoms with Gasteiger partial charge in [-0.05, 0) is 30.7 Å². The molecule has 0 saturated carbocycles. The molecule has 0 aromatic heterocycles. The number of rotatable bonds is 2. The molecule has 1 atom stereocenters. The highest BCUT2D eigenvalue weighted by atomic mass is 79.9. The fraction of sp³-hybridized carbons (Fsp3) is 0.500. The second-order valence-corrected chi connectivity index (χ2v) is 5.11. The molecule has 0 spiro atoms. The van der Waals surface area contributed by atoms with Crippen LogP contribution < -0.4 is 5.32 Å². The van der Waals surface area contributed by atoms with Crippen molar-refractivity contribution < 1.29 is 4.39 Å². The van der Waals surface area contributed by atoms with Crippen LogP contribution >= 0.6 is 15.9 Å².